The van der Waals surface area contributed by atoms with Crippen LogP contribution in [0.25, 0.3) is 11.5 Å². The van der Waals surface area contributed by atoms with E-state index in [1.165, 1.54) is 31.4 Å². The molecular weight excluding hydrogens is 382 g/mol. The summed E-state index contributed by atoms with van der Waals surface area (Å²) < 4.78 is 37.5. The van der Waals surface area contributed by atoms with Gasteiger partial charge < -0.3 is 9.26 Å². The number of esters is 1. The van der Waals surface area contributed by atoms with Gasteiger partial charge in [0.25, 0.3) is 15.9 Å². The Kier molecular flexibility index (Phi) is 5.46. The van der Waals surface area contributed by atoms with Gasteiger partial charge in [0.05, 0.1) is 17.6 Å². The van der Waals surface area contributed by atoms with Crippen LogP contribution < -0.4 is 4.72 Å². The van der Waals surface area contributed by atoms with Gasteiger partial charge in [0.15, 0.2) is 5.82 Å². The van der Waals surface area contributed by atoms with Crippen LogP contribution in [0, 0.1) is 0 Å². The number of nitrogens with one attached hydrogen (secondary N) is 1. The van der Waals surface area contributed by atoms with Crippen molar-refractivity contribution in [3.05, 3.63) is 59.9 Å². The van der Waals surface area contributed by atoms with Gasteiger partial charge in [0, 0.05) is 17.2 Å². The SMILES string of the molecule is COC(=O)c1cccc(S(=O)(=O)Nc2ccc(-c3nc(C(C)C)no3)cc2)c1. The minimum atomic E-state index is -3.87. The first kappa shape index (κ1) is 19.6. The molecule has 8 nitrogen and oxygen atoms in total. The van der Waals surface area contributed by atoms with Crippen LogP contribution >= 0.6 is 0 Å². The van der Waals surface area contributed by atoms with Crippen LogP contribution in [0.1, 0.15) is 35.9 Å². The zero-order chi connectivity index (χ0) is 20.3. The Bertz CT molecular complexity index is 1090. The van der Waals surface area contributed by atoms with Gasteiger partial charge in [-0.1, -0.05) is 25.1 Å². The average Bonchev–Trinajstić information content (AvgIpc) is 3.18. The summed E-state index contributed by atoms with van der Waals surface area (Å²) in [6, 6.07) is 12.2. The number of aromatic nitrogens is 2. The van der Waals surface area contributed by atoms with Crippen molar-refractivity contribution in [2.75, 3.05) is 11.8 Å². The lowest BCUT2D eigenvalue weighted by molar-refractivity contribution is 0.0600. The van der Waals surface area contributed by atoms with Crippen molar-refractivity contribution in [1.82, 2.24) is 10.1 Å². The Balaban J connectivity index is 1.80. The van der Waals surface area contributed by atoms with Gasteiger partial charge in [-0.05, 0) is 42.5 Å². The van der Waals surface area contributed by atoms with Crippen molar-refractivity contribution < 1.29 is 22.5 Å². The van der Waals surface area contributed by atoms with E-state index in [-0.39, 0.29) is 16.4 Å². The number of ether oxygens (including phenoxy) is 1. The minimum absolute atomic E-state index is 0.0436. The van der Waals surface area contributed by atoms with Crippen LogP contribution in [0.2, 0.25) is 0 Å². The van der Waals surface area contributed by atoms with Gasteiger partial charge in [-0.3, -0.25) is 4.72 Å². The number of carbonyl (C=O) groups excluding carboxylic acids is 1. The lowest BCUT2D eigenvalue weighted by Crippen LogP contribution is -2.14. The molecule has 0 aliphatic carbocycles. The molecular formula is C19H19N3O5S. The Hall–Kier alpha value is -3.20. The van der Waals surface area contributed by atoms with Gasteiger partial charge >= 0.3 is 5.97 Å². The van der Waals surface area contributed by atoms with E-state index >= 15 is 0 Å². The maximum Gasteiger partial charge on any atom is 0.337 e. The van der Waals surface area contributed by atoms with Gasteiger partial charge in [0.1, 0.15) is 0 Å². The highest BCUT2D eigenvalue weighted by Gasteiger charge is 2.17. The molecule has 3 aromatic rings. The van der Waals surface area contributed by atoms with Crippen molar-refractivity contribution >= 4 is 21.7 Å². The lowest BCUT2D eigenvalue weighted by Gasteiger charge is -2.09. The molecule has 0 fully saturated rings. The Morgan fingerprint density at radius 2 is 1.86 bits per heavy atom. The van der Waals surface area contributed by atoms with Crippen LogP contribution in [0.5, 0.6) is 0 Å². The average molecular weight is 401 g/mol. The smallest absolute Gasteiger partial charge is 0.337 e. The fourth-order valence-corrected chi connectivity index (χ4v) is 3.49. The second kappa shape index (κ2) is 7.81. The number of hydrogen-bond acceptors (Lipinski definition) is 7. The predicted molar refractivity (Wildman–Crippen MR) is 102 cm³/mol. The van der Waals surface area contributed by atoms with Crippen LogP contribution in [0.15, 0.2) is 57.9 Å². The molecule has 0 aliphatic heterocycles. The molecule has 0 saturated carbocycles. The molecule has 0 amide bonds. The summed E-state index contributed by atoms with van der Waals surface area (Å²) in [6.07, 6.45) is 0. The van der Waals surface area contributed by atoms with E-state index in [0.29, 0.717) is 23.0 Å². The van der Waals surface area contributed by atoms with Crippen molar-refractivity contribution in [3.63, 3.8) is 0 Å². The number of sulfonamides is 1. The van der Waals surface area contributed by atoms with Crippen molar-refractivity contribution in [2.45, 2.75) is 24.7 Å². The van der Waals surface area contributed by atoms with Crippen molar-refractivity contribution in [2.24, 2.45) is 0 Å². The molecule has 0 aliphatic rings. The predicted octanol–water partition coefficient (Wildman–Crippen LogP) is 3.45. The summed E-state index contributed by atoms with van der Waals surface area (Å²) in [5.74, 6) is 0.500. The molecule has 1 N–H and O–H groups in total. The Morgan fingerprint density at radius 1 is 1.14 bits per heavy atom. The molecule has 9 heteroatoms. The maximum atomic E-state index is 12.6. The molecule has 1 heterocycles. The largest absolute Gasteiger partial charge is 0.465 e. The quantitative estimate of drug-likeness (QED) is 0.630. The number of benzene rings is 2. The third-order valence-electron chi connectivity index (χ3n) is 3.91. The van der Waals surface area contributed by atoms with Crippen molar-refractivity contribution in [1.29, 1.82) is 0 Å². The van der Waals surface area contributed by atoms with Gasteiger partial charge in [0.2, 0.25) is 0 Å². The highest BCUT2D eigenvalue weighted by Crippen LogP contribution is 2.23. The first-order valence-electron chi connectivity index (χ1n) is 8.45. The van der Waals surface area contributed by atoms with Gasteiger partial charge in [-0.15, -0.1) is 0 Å². The fourth-order valence-electron chi connectivity index (χ4n) is 2.39. The Labute approximate surface area is 162 Å². The third-order valence-corrected chi connectivity index (χ3v) is 5.29. The van der Waals surface area contributed by atoms with Gasteiger partial charge in [-0.2, -0.15) is 4.98 Å². The van der Waals surface area contributed by atoms with E-state index in [0.717, 1.165) is 0 Å². The van der Waals surface area contributed by atoms with E-state index in [1.807, 2.05) is 13.8 Å². The summed E-state index contributed by atoms with van der Waals surface area (Å²) in [6.45, 7) is 3.92. The van der Waals surface area contributed by atoms with Crippen LogP contribution in [0.4, 0.5) is 5.69 Å². The summed E-state index contributed by atoms with van der Waals surface area (Å²) >= 11 is 0. The van der Waals surface area contributed by atoms with E-state index in [4.69, 9.17) is 4.52 Å². The summed E-state index contributed by atoms with van der Waals surface area (Å²) in [5, 5.41) is 3.91. The number of nitrogens with zero attached hydrogens (tertiary/aromatic N) is 2. The molecule has 146 valence electrons. The molecule has 1 aromatic heterocycles. The maximum absolute atomic E-state index is 12.6. The van der Waals surface area contributed by atoms with Crippen LogP contribution in [-0.4, -0.2) is 31.6 Å². The van der Waals surface area contributed by atoms with Gasteiger partial charge in [-0.25, -0.2) is 13.2 Å². The third kappa shape index (κ3) is 4.20. The summed E-state index contributed by atoms with van der Waals surface area (Å²) in [7, 11) is -2.64. The number of hydrogen-bond donors (Lipinski definition) is 1. The monoisotopic (exact) mass is 401 g/mol. The molecule has 3 rings (SSSR count). The van der Waals surface area contributed by atoms with E-state index < -0.39 is 16.0 Å². The van der Waals surface area contributed by atoms with E-state index in [2.05, 4.69) is 19.6 Å². The molecule has 0 saturated heterocycles. The fraction of sp³-hybridized carbons (Fsp3) is 0.211. The molecule has 28 heavy (non-hydrogen) atoms. The molecule has 0 spiro atoms. The summed E-state index contributed by atoms with van der Waals surface area (Å²) in [4.78, 5) is 15.9. The number of methoxy groups -OCH3 is 1. The minimum Gasteiger partial charge on any atom is -0.465 e. The zero-order valence-corrected chi connectivity index (χ0v) is 16.4. The molecule has 2 aromatic carbocycles. The molecule has 0 bridgehead atoms. The molecule has 0 atom stereocenters. The number of rotatable bonds is 6. The van der Waals surface area contributed by atoms with E-state index in [1.54, 1.807) is 24.3 Å². The number of carbonyl (C=O) groups is 1. The lowest BCUT2D eigenvalue weighted by atomic mass is 10.2. The van der Waals surface area contributed by atoms with Crippen LogP contribution in [0.3, 0.4) is 0 Å². The normalized spacial score (nSPS) is 11.4. The van der Waals surface area contributed by atoms with Crippen molar-refractivity contribution in [3.8, 4) is 11.5 Å². The van der Waals surface area contributed by atoms with E-state index in [9.17, 15) is 13.2 Å². The molecule has 0 radical (unpaired) electrons. The topological polar surface area (TPSA) is 111 Å². The number of anilines is 1. The highest BCUT2D eigenvalue weighted by molar-refractivity contribution is 7.92. The first-order chi connectivity index (χ1) is 13.3. The molecule has 0 unspecified atom stereocenters. The standard InChI is InChI=1S/C19H19N3O5S/c1-12(2)17-20-18(27-21-17)13-7-9-15(10-8-13)22-28(24,25)16-6-4-5-14(11-16)19(23)26-3/h4-12,22H,1-3H3. The second-order valence-electron chi connectivity index (χ2n) is 6.31. The first-order valence-corrected chi connectivity index (χ1v) is 9.93. The highest BCUT2D eigenvalue weighted by atomic mass is 32.2. The summed E-state index contributed by atoms with van der Waals surface area (Å²) in [5.41, 5.74) is 1.18. The zero-order valence-electron chi connectivity index (χ0n) is 15.5. The second-order valence-corrected chi connectivity index (χ2v) is 8.00. The Morgan fingerprint density at radius 3 is 2.46 bits per heavy atom. The van der Waals surface area contributed by atoms with Crippen LogP contribution in [-0.2, 0) is 14.8 Å².